The molecule has 1 saturated heterocycles. The fourth-order valence-electron chi connectivity index (χ4n) is 3.26. The van der Waals surface area contributed by atoms with Crippen LogP contribution < -0.4 is 0 Å². The van der Waals surface area contributed by atoms with Crippen molar-refractivity contribution >= 4 is 11.9 Å². The van der Waals surface area contributed by atoms with E-state index in [9.17, 15) is 19.1 Å². The summed E-state index contributed by atoms with van der Waals surface area (Å²) in [7, 11) is 0. The van der Waals surface area contributed by atoms with Crippen LogP contribution in [0.25, 0.3) is 11.4 Å². The smallest absolute Gasteiger partial charge is 0.308 e. The van der Waals surface area contributed by atoms with Gasteiger partial charge in [-0.25, -0.2) is 4.39 Å². The third-order valence-corrected chi connectivity index (χ3v) is 4.90. The van der Waals surface area contributed by atoms with Crippen molar-refractivity contribution in [1.29, 1.82) is 0 Å². The Hall–Kier alpha value is -2.77. The highest BCUT2D eigenvalue weighted by atomic mass is 19.1. The van der Waals surface area contributed by atoms with Crippen LogP contribution >= 0.6 is 0 Å². The highest BCUT2D eigenvalue weighted by molar-refractivity contribution is 5.78. The maximum atomic E-state index is 13.0. The van der Waals surface area contributed by atoms with Crippen LogP contribution in [0.5, 0.6) is 0 Å². The van der Waals surface area contributed by atoms with Crippen molar-refractivity contribution in [3.05, 3.63) is 36.0 Å². The lowest BCUT2D eigenvalue weighted by molar-refractivity contribution is -0.147. The minimum Gasteiger partial charge on any atom is -0.481 e. The second-order valence-corrected chi connectivity index (χ2v) is 6.88. The van der Waals surface area contributed by atoms with Crippen molar-refractivity contribution in [3.8, 4) is 11.4 Å². The average Bonchev–Trinajstić information content (AvgIpc) is 3.11. The molecule has 1 fully saturated rings. The molecule has 1 N–H and O–H groups in total. The molecule has 1 aliphatic heterocycles. The molecule has 0 radical (unpaired) electrons. The highest BCUT2D eigenvalue weighted by Gasteiger charge is 2.32. The molecule has 7 nitrogen and oxygen atoms in total. The van der Waals surface area contributed by atoms with Crippen LogP contribution in [-0.4, -0.2) is 44.6 Å². The molecular weight excluding hydrogens is 353 g/mol. The van der Waals surface area contributed by atoms with Gasteiger partial charge in [-0.3, -0.25) is 9.59 Å². The van der Waals surface area contributed by atoms with Gasteiger partial charge in [0.2, 0.25) is 17.6 Å². The zero-order chi connectivity index (χ0) is 19.4. The summed E-state index contributed by atoms with van der Waals surface area (Å²) in [4.78, 5) is 29.6. The van der Waals surface area contributed by atoms with Gasteiger partial charge in [-0.05, 0) is 50.5 Å². The third-order valence-electron chi connectivity index (χ3n) is 4.90. The van der Waals surface area contributed by atoms with E-state index in [1.54, 1.807) is 17.0 Å². The number of rotatable bonds is 6. The van der Waals surface area contributed by atoms with Gasteiger partial charge in [0, 0.05) is 31.0 Å². The zero-order valence-electron chi connectivity index (χ0n) is 15.1. The largest absolute Gasteiger partial charge is 0.481 e. The van der Waals surface area contributed by atoms with E-state index in [1.807, 2.05) is 6.92 Å². The summed E-state index contributed by atoms with van der Waals surface area (Å²) >= 11 is 0. The molecule has 3 rings (SSSR count). The van der Waals surface area contributed by atoms with Gasteiger partial charge in [0.25, 0.3) is 0 Å². The number of benzene rings is 1. The van der Waals surface area contributed by atoms with E-state index in [2.05, 4.69) is 10.1 Å². The van der Waals surface area contributed by atoms with Crippen LogP contribution in [0.15, 0.2) is 28.8 Å². The van der Waals surface area contributed by atoms with E-state index in [-0.39, 0.29) is 24.3 Å². The van der Waals surface area contributed by atoms with Crippen LogP contribution in [0.1, 0.15) is 38.5 Å². The number of halogens is 1. The number of piperidine rings is 1. The van der Waals surface area contributed by atoms with Crippen LogP contribution in [-0.2, 0) is 16.0 Å². The molecule has 27 heavy (non-hydrogen) atoms. The predicted molar refractivity (Wildman–Crippen MR) is 94.2 cm³/mol. The lowest BCUT2D eigenvalue weighted by atomic mass is 9.93. The maximum Gasteiger partial charge on any atom is 0.308 e. The molecule has 2 aromatic rings. The van der Waals surface area contributed by atoms with Crippen molar-refractivity contribution in [2.75, 3.05) is 6.54 Å². The number of aliphatic carboxylic acids is 1. The Balaban J connectivity index is 1.51. The van der Waals surface area contributed by atoms with E-state index in [0.717, 1.165) is 0 Å². The molecule has 2 unspecified atom stereocenters. The third kappa shape index (κ3) is 4.69. The van der Waals surface area contributed by atoms with E-state index in [4.69, 9.17) is 4.52 Å². The number of carbonyl (C=O) groups is 2. The molecule has 1 amide bonds. The van der Waals surface area contributed by atoms with Crippen LogP contribution in [0, 0.1) is 11.7 Å². The number of aryl methyl sites for hydroxylation is 1. The second kappa shape index (κ2) is 8.28. The first-order valence-electron chi connectivity index (χ1n) is 9.05. The molecular formula is C19H22FN3O4. The highest BCUT2D eigenvalue weighted by Crippen LogP contribution is 2.23. The second-order valence-electron chi connectivity index (χ2n) is 6.88. The fourth-order valence-corrected chi connectivity index (χ4v) is 3.26. The summed E-state index contributed by atoms with van der Waals surface area (Å²) in [6, 6.07) is 5.86. The molecule has 1 aliphatic rings. The molecule has 2 heterocycles. The number of carboxylic acid groups (broad SMARTS) is 1. The Kier molecular flexibility index (Phi) is 5.83. The van der Waals surface area contributed by atoms with Crippen LogP contribution in [0.3, 0.4) is 0 Å². The van der Waals surface area contributed by atoms with Gasteiger partial charge in [0.1, 0.15) is 5.82 Å². The predicted octanol–water partition coefficient (Wildman–Crippen LogP) is 2.91. The molecule has 0 saturated carbocycles. The summed E-state index contributed by atoms with van der Waals surface area (Å²) in [6.45, 7) is 2.22. The first-order valence-corrected chi connectivity index (χ1v) is 9.05. The number of carbonyl (C=O) groups excluding carboxylic acids is 1. The number of amides is 1. The molecule has 2 atom stereocenters. The zero-order valence-corrected chi connectivity index (χ0v) is 15.1. The molecule has 0 bridgehead atoms. The molecule has 0 spiro atoms. The van der Waals surface area contributed by atoms with Crippen molar-refractivity contribution < 1.29 is 23.6 Å². The van der Waals surface area contributed by atoms with E-state index >= 15 is 0 Å². The summed E-state index contributed by atoms with van der Waals surface area (Å²) in [5.41, 5.74) is 0.657. The Labute approximate surface area is 156 Å². The molecule has 8 heteroatoms. The van der Waals surface area contributed by atoms with Crippen molar-refractivity contribution in [2.45, 2.75) is 45.1 Å². The maximum absolute atomic E-state index is 13.0. The normalized spacial score (nSPS) is 19.9. The van der Waals surface area contributed by atoms with Gasteiger partial charge in [0.05, 0.1) is 5.92 Å². The van der Waals surface area contributed by atoms with Crippen molar-refractivity contribution in [3.63, 3.8) is 0 Å². The van der Waals surface area contributed by atoms with Gasteiger partial charge >= 0.3 is 5.97 Å². The number of aromatic nitrogens is 2. The standard InChI is InChI=1S/C19H22FN3O4/c1-12-5-6-14(19(25)26)11-23(12)17(24)4-2-3-16-21-18(22-27-16)13-7-9-15(20)10-8-13/h7-10,12,14H,2-6,11H2,1H3,(H,25,26). The minimum absolute atomic E-state index is 0.0493. The number of carboxylic acids is 1. The number of hydrogen-bond acceptors (Lipinski definition) is 5. The Bertz CT molecular complexity index is 806. The fraction of sp³-hybridized carbons (Fsp3) is 0.474. The number of nitrogens with zero attached hydrogens (tertiary/aromatic N) is 3. The summed E-state index contributed by atoms with van der Waals surface area (Å²) in [5, 5.41) is 13.0. The molecule has 1 aromatic carbocycles. The van der Waals surface area contributed by atoms with E-state index in [1.165, 1.54) is 12.1 Å². The summed E-state index contributed by atoms with van der Waals surface area (Å²) in [5.74, 6) is -0.925. The van der Waals surface area contributed by atoms with Crippen molar-refractivity contribution in [1.82, 2.24) is 15.0 Å². The average molecular weight is 375 g/mol. The monoisotopic (exact) mass is 375 g/mol. The Morgan fingerprint density at radius 3 is 2.74 bits per heavy atom. The van der Waals surface area contributed by atoms with E-state index < -0.39 is 11.9 Å². The quantitative estimate of drug-likeness (QED) is 0.834. The van der Waals surface area contributed by atoms with Crippen LogP contribution in [0.2, 0.25) is 0 Å². The minimum atomic E-state index is -0.848. The van der Waals surface area contributed by atoms with Gasteiger partial charge in [-0.1, -0.05) is 5.16 Å². The lowest BCUT2D eigenvalue weighted by Gasteiger charge is -2.36. The Morgan fingerprint density at radius 2 is 2.04 bits per heavy atom. The van der Waals surface area contributed by atoms with Crippen LogP contribution in [0.4, 0.5) is 4.39 Å². The first kappa shape index (κ1) is 19.0. The lowest BCUT2D eigenvalue weighted by Crippen LogP contribution is -2.47. The van der Waals surface area contributed by atoms with Gasteiger partial charge in [-0.2, -0.15) is 4.98 Å². The van der Waals surface area contributed by atoms with Gasteiger partial charge < -0.3 is 14.5 Å². The SMILES string of the molecule is CC1CCC(C(=O)O)CN1C(=O)CCCc1nc(-c2ccc(F)cc2)no1. The van der Waals surface area contributed by atoms with E-state index in [0.29, 0.717) is 49.4 Å². The molecule has 1 aromatic heterocycles. The molecule has 0 aliphatic carbocycles. The van der Waals surface area contributed by atoms with Gasteiger partial charge in [-0.15, -0.1) is 0 Å². The topological polar surface area (TPSA) is 96.5 Å². The summed E-state index contributed by atoms with van der Waals surface area (Å²) < 4.78 is 18.2. The summed E-state index contributed by atoms with van der Waals surface area (Å²) in [6.07, 6.45) is 2.59. The van der Waals surface area contributed by atoms with Crippen molar-refractivity contribution in [2.24, 2.45) is 5.92 Å². The number of hydrogen-bond donors (Lipinski definition) is 1. The Morgan fingerprint density at radius 1 is 1.30 bits per heavy atom. The molecule has 144 valence electrons. The first-order chi connectivity index (χ1) is 12.9. The number of likely N-dealkylation sites (tertiary alicyclic amines) is 1. The van der Waals surface area contributed by atoms with Gasteiger partial charge in [0.15, 0.2) is 0 Å².